The monoisotopic (exact) mass is 420 g/mol. The van der Waals surface area contributed by atoms with Gasteiger partial charge in [0.1, 0.15) is 11.8 Å². The minimum Gasteiger partial charge on any atom is -0.484 e. The number of carbonyl (C=O) groups is 2. The van der Waals surface area contributed by atoms with Gasteiger partial charge in [-0.2, -0.15) is 5.10 Å². The average molecular weight is 420 g/mol. The second-order valence-corrected chi connectivity index (χ2v) is 7.39. The van der Waals surface area contributed by atoms with E-state index in [1.165, 1.54) is 4.90 Å². The van der Waals surface area contributed by atoms with E-state index in [0.717, 1.165) is 11.3 Å². The van der Waals surface area contributed by atoms with Crippen LogP contribution in [0.4, 0.5) is 0 Å². The van der Waals surface area contributed by atoms with Crippen molar-refractivity contribution >= 4 is 11.8 Å². The first-order chi connectivity index (χ1) is 15.1. The third-order valence-electron chi connectivity index (χ3n) is 5.18. The zero-order valence-electron chi connectivity index (χ0n) is 16.9. The summed E-state index contributed by atoms with van der Waals surface area (Å²) in [7, 11) is 0. The lowest BCUT2D eigenvalue weighted by molar-refractivity contribution is -0.140. The van der Waals surface area contributed by atoms with Crippen LogP contribution in [0.15, 0.2) is 73.1 Å². The molecular formula is C23H24N4O4. The van der Waals surface area contributed by atoms with Gasteiger partial charge in [-0.05, 0) is 35.9 Å². The molecule has 2 amide bonds. The maximum absolute atomic E-state index is 12.7. The van der Waals surface area contributed by atoms with Crippen LogP contribution in [0.25, 0.3) is 5.69 Å². The second kappa shape index (κ2) is 9.44. The van der Waals surface area contributed by atoms with E-state index in [4.69, 9.17) is 4.74 Å². The van der Waals surface area contributed by atoms with Gasteiger partial charge in [0.05, 0.1) is 11.8 Å². The molecule has 8 nitrogen and oxygen atoms in total. The molecule has 0 bridgehead atoms. The SMILES string of the molecule is O=C(NCc1ccc(-n2cccn2)cc1)[C@@H]1C[C@@H](O)CN1C(=O)COc1ccccc1. The predicted molar refractivity (Wildman–Crippen MR) is 113 cm³/mol. The number of likely N-dealkylation sites (tertiary alicyclic amines) is 1. The maximum atomic E-state index is 12.7. The topological polar surface area (TPSA) is 96.7 Å². The van der Waals surface area contributed by atoms with Crippen LogP contribution in [0, 0.1) is 0 Å². The summed E-state index contributed by atoms with van der Waals surface area (Å²) in [6.07, 6.45) is 3.04. The van der Waals surface area contributed by atoms with Crippen LogP contribution >= 0.6 is 0 Å². The van der Waals surface area contributed by atoms with E-state index in [-0.39, 0.29) is 31.4 Å². The molecule has 0 unspecified atom stereocenters. The second-order valence-electron chi connectivity index (χ2n) is 7.39. The summed E-state index contributed by atoms with van der Waals surface area (Å²) < 4.78 is 7.26. The fraction of sp³-hybridized carbons (Fsp3) is 0.261. The number of para-hydroxylation sites is 1. The van der Waals surface area contributed by atoms with Crippen LogP contribution in [0.3, 0.4) is 0 Å². The molecular weight excluding hydrogens is 396 g/mol. The number of benzene rings is 2. The van der Waals surface area contributed by atoms with Crippen molar-refractivity contribution in [2.24, 2.45) is 0 Å². The van der Waals surface area contributed by atoms with E-state index in [1.807, 2.05) is 54.7 Å². The molecule has 0 aliphatic carbocycles. The standard InChI is InChI=1S/C23H24N4O4/c28-19-13-21(26(15-19)22(29)16-31-20-5-2-1-3-6-20)23(30)24-14-17-7-9-18(10-8-17)27-12-4-11-25-27/h1-12,19,21,28H,13-16H2,(H,24,30)/t19-,21+/m1/s1. The zero-order valence-corrected chi connectivity index (χ0v) is 16.9. The molecule has 160 valence electrons. The molecule has 0 radical (unpaired) electrons. The van der Waals surface area contributed by atoms with Gasteiger partial charge in [-0.25, -0.2) is 4.68 Å². The van der Waals surface area contributed by atoms with E-state index < -0.39 is 12.1 Å². The third-order valence-corrected chi connectivity index (χ3v) is 5.18. The number of hydrogen-bond acceptors (Lipinski definition) is 5. The maximum Gasteiger partial charge on any atom is 0.261 e. The van der Waals surface area contributed by atoms with Gasteiger partial charge in [0.25, 0.3) is 5.91 Å². The van der Waals surface area contributed by atoms with E-state index in [9.17, 15) is 14.7 Å². The van der Waals surface area contributed by atoms with Crippen molar-refractivity contribution in [3.63, 3.8) is 0 Å². The lowest BCUT2D eigenvalue weighted by atomic mass is 10.1. The zero-order chi connectivity index (χ0) is 21.6. The van der Waals surface area contributed by atoms with Crippen LogP contribution in [0.5, 0.6) is 5.75 Å². The molecule has 1 aliphatic heterocycles. The van der Waals surface area contributed by atoms with E-state index >= 15 is 0 Å². The number of amides is 2. The summed E-state index contributed by atoms with van der Waals surface area (Å²) in [5, 5.41) is 17.1. The van der Waals surface area contributed by atoms with Gasteiger partial charge in [0.2, 0.25) is 5.91 Å². The van der Waals surface area contributed by atoms with E-state index in [0.29, 0.717) is 12.3 Å². The number of nitrogens with one attached hydrogen (secondary N) is 1. The number of aliphatic hydroxyl groups excluding tert-OH is 1. The number of carbonyl (C=O) groups excluding carboxylic acids is 2. The molecule has 1 saturated heterocycles. The molecule has 0 saturated carbocycles. The number of nitrogens with zero attached hydrogens (tertiary/aromatic N) is 3. The largest absolute Gasteiger partial charge is 0.484 e. The van der Waals surface area contributed by atoms with Crippen molar-refractivity contribution in [1.29, 1.82) is 0 Å². The normalized spacial score (nSPS) is 18.0. The molecule has 0 spiro atoms. The van der Waals surface area contributed by atoms with E-state index in [2.05, 4.69) is 10.4 Å². The van der Waals surface area contributed by atoms with Crippen molar-refractivity contribution in [3.05, 3.63) is 78.6 Å². The average Bonchev–Trinajstić information content (AvgIpc) is 3.47. The Kier molecular flexibility index (Phi) is 6.28. The van der Waals surface area contributed by atoms with Crippen LogP contribution in [-0.4, -0.2) is 56.9 Å². The summed E-state index contributed by atoms with van der Waals surface area (Å²) in [5.74, 6) is -0.0416. The Labute approximate surface area is 180 Å². The molecule has 1 aliphatic rings. The van der Waals surface area contributed by atoms with Gasteiger partial charge in [-0.1, -0.05) is 30.3 Å². The predicted octanol–water partition coefficient (Wildman–Crippen LogP) is 1.53. The highest BCUT2D eigenvalue weighted by Gasteiger charge is 2.38. The molecule has 4 rings (SSSR count). The third kappa shape index (κ3) is 5.10. The van der Waals surface area contributed by atoms with Gasteiger partial charge in [0.15, 0.2) is 6.61 Å². The first-order valence-electron chi connectivity index (χ1n) is 10.1. The Hall–Kier alpha value is -3.65. The number of rotatable bonds is 7. The fourth-order valence-electron chi connectivity index (χ4n) is 3.58. The molecule has 8 heteroatoms. The minimum atomic E-state index is -0.732. The van der Waals surface area contributed by atoms with Crippen LogP contribution in [0.1, 0.15) is 12.0 Å². The van der Waals surface area contributed by atoms with Gasteiger partial charge in [0, 0.05) is 31.9 Å². The molecule has 2 atom stereocenters. The van der Waals surface area contributed by atoms with Gasteiger partial charge in [-0.3, -0.25) is 9.59 Å². The highest BCUT2D eigenvalue weighted by atomic mass is 16.5. The molecule has 3 aromatic rings. The molecule has 1 aromatic heterocycles. The minimum absolute atomic E-state index is 0.119. The van der Waals surface area contributed by atoms with E-state index in [1.54, 1.807) is 23.0 Å². The summed E-state index contributed by atoms with van der Waals surface area (Å²) in [6.45, 7) is 0.260. The quantitative estimate of drug-likeness (QED) is 0.604. The first kappa shape index (κ1) is 20.6. The molecule has 2 N–H and O–H groups in total. The van der Waals surface area contributed by atoms with Crippen LogP contribution < -0.4 is 10.1 Å². The fourth-order valence-corrected chi connectivity index (χ4v) is 3.58. The summed E-state index contributed by atoms with van der Waals surface area (Å²) in [6, 6.07) is 17.8. The lowest BCUT2D eigenvalue weighted by Crippen LogP contribution is -2.47. The smallest absolute Gasteiger partial charge is 0.261 e. The molecule has 2 heterocycles. The van der Waals surface area contributed by atoms with Crippen molar-refractivity contribution < 1.29 is 19.4 Å². The molecule has 2 aromatic carbocycles. The number of aromatic nitrogens is 2. The molecule has 1 fully saturated rings. The number of aliphatic hydroxyl groups is 1. The van der Waals surface area contributed by atoms with Crippen molar-refractivity contribution in [1.82, 2.24) is 20.0 Å². The van der Waals surface area contributed by atoms with Crippen molar-refractivity contribution in [2.75, 3.05) is 13.2 Å². The van der Waals surface area contributed by atoms with Crippen LogP contribution in [0.2, 0.25) is 0 Å². The Morgan fingerprint density at radius 2 is 1.87 bits per heavy atom. The first-order valence-corrected chi connectivity index (χ1v) is 10.1. The van der Waals surface area contributed by atoms with Crippen molar-refractivity contribution in [3.8, 4) is 11.4 Å². The van der Waals surface area contributed by atoms with Gasteiger partial charge >= 0.3 is 0 Å². The summed E-state index contributed by atoms with van der Waals surface area (Å²) >= 11 is 0. The highest BCUT2D eigenvalue weighted by Crippen LogP contribution is 2.19. The molecule has 31 heavy (non-hydrogen) atoms. The van der Waals surface area contributed by atoms with Crippen molar-refractivity contribution in [2.45, 2.75) is 25.1 Å². The summed E-state index contributed by atoms with van der Waals surface area (Å²) in [4.78, 5) is 26.7. The van der Waals surface area contributed by atoms with Crippen LogP contribution in [-0.2, 0) is 16.1 Å². The Morgan fingerprint density at radius 3 is 2.58 bits per heavy atom. The highest BCUT2D eigenvalue weighted by molar-refractivity contribution is 5.89. The Balaban J connectivity index is 1.32. The number of hydrogen-bond donors (Lipinski definition) is 2. The summed E-state index contributed by atoms with van der Waals surface area (Å²) in [5.41, 5.74) is 1.85. The lowest BCUT2D eigenvalue weighted by Gasteiger charge is -2.23. The number of ether oxygens (including phenoxy) is 1. The van der Waals surface area contributed by atoms with Gasteiger partial charge < -0.3 is 20.1 Å². The number of β-amino-alcohol motifs (C(OH)–C–C–N with tert-alkyl or cyclic N) is 1. The van der Waals surface area contributed by atoms with Gasteiger partial charge in [-0.15, -0.1) is 0 Å². The Morgan fingerprint density at radius 1 is 1.10 bits per heavy atom. The Bertz CT molecular complexity index is 1010.